The van der Waals surface area contributed by atoms with E-state index in [0.717, 1.165) is 11.3 Å². The van der Waals surface area contributed by atoms with Gasteiger partial charge in [-0.15, -0.1) is 0 Å². The van der Waals surface area contributed by atoms with Crippen LogP contribution in [0.25, 0.3) is 0 Å². The third kappa shape index (κ3) is 3.04. The van der Waals surface area contributed by atoms with Gasteiger partial charge in [-0.05, 0) is 38.5 Å². The molecule has 2 rings (SSSR count). The van der Waals surface area contributed by atoms with Crippen LogP contribution >= 0.6 is 0 Å². The number of methoxy groups -OCH3 is 1. The Hall–Kier alpha value is -1.75. The van der Waals surface area contributed by atoms with Crippen molar-refractivity contribution in [2.24, 2.45) is 5.73 Å². The molecule has 20 heavy (non-hydrogen) atoms. The summed E-state index contributed by atoms with van der Waals surface area (Å²) in [6.45, 7) is 6.08. The van der Waals surface area contributed by atoms with E-state index in [1.165, 1.54) is 0 Å². The van der Waals surface area contributed by atoms with Gasteiger partial charge in [0, 0.05) is 12.6 Å². The minimum Gasteiger partial charge on any atom is -0.497 e. The summed E-state index contributed by atoms with van der Waals surface area (Å²) in [7, 11) is 1.62. The topological polar surface area (TPSA) is 64.8 Å². The molecule has 1 aliphatic heterocycles. The highest BCUT2D eigenvalue weighted by molar-refractivity contribution is 5.70. The summed E-state index contributed by atoms with van der Waals surface area (Å²) in [5.41, 5.74) is 6.53. The van der Waals surface area contributed by atoms with Crippen LogP contribution in [0.5, 0.6) is 5.75 Å². The molecule has 1 aromatic carbocycles. The van der Waals surface area contributed by atoms with Crippen LogP contribution in [0.4, 0.5) is 4.79 Å². The lowest BCUT2D eigenvalue weighted by atomic mass is 9.90. The van der Waals surface area contributed by atoms with Crippen LogP contribution in [0.15, 0.2) is 24.3 Å². The normalized spacial score (nSPS) is 22.1. The van der Waals surface area contributed by atoms with Gasteiger partial charge in [-0.3, -0.25) is 4.90 Å². The lowest BCUT2D eigenvalue weighted by molar-refractivity contribution is -0.0134. The predicted molar refractivity (Wildman–Crippen MR) is 76.7 cm³/mol. The van der Waals surface area contributed by atoms with Gasteiger partial charge >= 0.3 is 6.09 Å². The summed E-state index contributed by atoms with van der Waals surface area (Å²) in [4.78, 5) is 13.8. The molecular formula is C15H22N2O3. The maximum atomic E-state index is 12.1. The van der Waals surface area contributed by atoms with Crippen molar-refractivity contribution in [3.63, 3.8) is 0 Å². The van der Waals surface area contributed by atoms with Crippen molar-refractivity contribution in [2.45, 2.75) is 38.5 Å². The molecule has 110 valence electrons. The highest BCUT2D eigenvalue weighted by atomic mass is 16.6. The van der Waals surface area contributed by atoms with Crippen molar-refractivity contribution in [3.8, 4) is 5.75 Å². The summed E-state index contributed by atoms with van der Waals surface area (Å²) < 4.78 is 10.5. The Morgan fingerprint density at radius 2 is 1.90 bits per heavy atom. The molecule has 0 bridgehead atoms. The summed E-state index contributed by atoms with van der Waals surface area (Å²) in [5.74, 6) is 0.783. The Morgan fingerprint density at radius 1 is 1.30 bits per heavy atom. The predicted octanol–water partition coefficient (Wildman–Crippen LogP) is 2.31. The highest BCUT2D eigenvalue weighted by Crippen LogP contribution is 2.34. The van der Waals surface area contributed by atoms with E-state index in [-0.39, 0.29) is 18.2 Å². The lowest BCUT2D eigenvalue weighted by Gasteiger charge is -2.46. The van der Waals surface area contributed by atoms with Crippen LogP contribution in [0.2, 0.25) is 0 Å². The van der Waals surface area contributed by atoms with Gasteiger partial charge in [-0.1, -0.05) is 12.1 Å². The molecule has 1 saturated heterocycles. The standard InChI is InChI=1S/C15H22N2O3/c1-15(2,3)20-14(18)17-9-12(16)13(17)10-5-7-11(19-4)8-6-10/h5-8,12-13H,9,16H2,1-4H3. The number of carbonyl (C=O) groups is 1. The largest absolute Gasteiger partial charge is 0.497 e. The van der Waals surface area contributed by atoms with Gasteiger partial charge in [0.2, 0.25) is 0 Å². The van der Waals surface area contributed by atoms with Crippen LogP contribution in [-0.4, -0.2) is 36.3 Å². The number of benzene rings is 1. The molecule has 0 aromatic heterocycles. The Labute approximate surface area is 119 Å². The number of hydrogen-bond acceptors (Lipinski definition) is 4. The van der Waals surface area contributed by atoms with Crippen molar-refractivity contribution < 1.29 is 14.3 Å². The number of nitrogens with two attached hydrogens (primary N) is 1. The van der Waals surface area contributed by atoms with E-state index < -0.39 is 5.60 Å². The first-order valence-corrected chi connectivity index (χ1v) is 6.71. The van der Waals surface area contributed by atoms with Gasteiger partial charge in [0.05, 0.1) is 13.2 Å². The molecule has 0 spiro atoms. The van der Waals surface area contributed by atoms with Crippen LogP contribution in [-0.2, 0) is 4.74 Å². The zero-order valence-electron chi connectivity index (χ0n) is 12.4. The monoisotopic (exact) mass is 278 g/mol. The summed E-state index contributed by atoms with van der Waals surface area (Å²) >= 11 is 0. The average Bonchev–Trinajstić information content (AvgIpc) is 2.34. The molecule has 2 unspecified atom stereocenters. The van der Waals surface area contributed by atoms with Crippen molar-refractivity contribution in [1.29, 1.82) is 0 Å². The fourth-order valence-corrected chi connectivity index (χ4v) is 2.27. The van der Waals surface area contributed by atoms with Gasteiger partial charge in [-0.2, -0.15) is 0 Å². The number of carbonyl (C=O) groups excluding carboxylic acids is 1. The maximum absolute atomic E-state index is 12.1. The van der Waals surface area contributed by atoms with Gasteiger partial charge in [-0.25, -0.2) is 4.79 Å². The van der Waals surface area contributed by atoms with Gasteiger partial charge in [0.1, 0.15) is 11.4 Å². The molecule has 5 heteroatoms. The summed E-state index contributed by atoms with van der Waals surface area (Å²) in [5, 5.41) is 0. The number of rotatable bonds is 2. The molecular weight excluding hydrogens is 256 g/mol. The zero-order valence-corrected chi connectivity index (χ0v) is 12.4. The first kappa shape index (κ1) is 14.7. The second-order valence-electron chi connectivity index (χ2n) is 6.01. The third-order valence-corrected chi connectivity index (χ3v) is 3.23. The van der Waals surface area contributed by atoms with Crippen molar-refractivity contribution >= 4 is 6.09 Å². The zero-order chi connectivity index (χ0) is 14.9. The molecule has 1 amide bonds. The summed E-state index contributed by atoms with van der Waals surface area (Å²) in [6, 6.07) is 7.41. The molecule has 1 fully saturated rings. The van der Waals surface area contributed by atoms with E-state index in [0.29, 0.717) is 6.54 Å². The van der Waals surface area contributed by atoms with Crippen LogP contribution < -0.4 is 10.5 Å². The molecule has 2 N–H and O–H groups in total. The fourth-order valence-electron chi connectivity index (χ4n) is 2.27. The number of amides is 1. The van der Waals surface area contributed by atoms with Gasteiger partial charge in [0.25, 0.3) is 0 Å². The quantitative estimate of drug-likeness (QED) is 0.901. The van der Waals surface area contributed by atoms with Crippen LogP contribution in [0, 0.1) is 0 Å². The number of hydrogen-bond donors (Lipinski definition) is 1. The Morgan fingerprint density at radius 3 is 2.35 bits per heavy atom. The first-order chi connectivity index (χ1) is 9.31. The molecule has 2 atom stereocenters. The van der Waals surface area contributed by atoms with E-state index in [1.807, 2.05) is 45.0 Å². The average molecular weight is 278 g/mol. The molecule has 1 aromatic rings. The maximum Gasteiger partial charge on any atom is 0.410 e. The number of likely N-dealkylation sites (tertiary alicyclic amines) is 1. The fraction of sp³-hybridized carbons (Fsp3) is 0.533. The van der Waals surface area contributed by atoms with Crippen molar-refractivity contribution in [1.82, 2.24) is 4.90 Å². The Balaban J connectivity index is 2.11. The molecule has 0 saturated carbocycles. The van der Waals surface area contributed by atoms with Crippen LogP contribution in [0.1, 0.15) is 32.4 Å². The van der Waals surface area contributed by atoms with E-state index in [2.05, 4.69) is 0 Å². The molecule has 0 radical (unpaired) electrons. The molecule has 1 aliphatic rings. The van der Waals surface area contributed by atoms with E-state index in [1.54, 1.807) is 12.0 Å². The Bertz CT molecular complexity index is 479. The van der Waals surface area contributed by atoms with Gasteiger partial charge < -0.3 is 15.2 Å². The van der Waals surface area contributed by atoms with Crippen LogP contribution in [0.3, 0.4) is 0 Å². The second kappa shape index (κ2) is 5.32. The van der Waals surface area contributed by atoms with Gasteiger partial charge in [0.15, 0.2) is 0 Å². The molecule has 5 nitrogen and oxygen atoms in total. The molecule has 1 heterocycles. The van der Waals surface area contributed by atoms with E-state index >= 15 is 0 Å². The highest BCUT2D eigenvalue weighted by Gasteiger charge is 2.42. The lowest BCUT2D eigenvalue weighted by Crippen LogP contribution is -2.60. The van der Waals surface area contributed by atoms with Crippen molar-refractivity contribution in [3.05, 3.63) is 29.8 Å². The molecule has 0 aliphatic carbocycles. The SMILES string of the molecule is COc1ccc(C2C(N)CN2C(=O)OC(C)(C)C)cc1. The van der Waals surface area contributed by atoms with E-state index in [9.17, 15) is 4.79 Å². The minimum atomic E-state index is -0.499. The second-order valence-corrected chi connectivity index (χ2v) is 6.01. The Kier molecular flexibility index (Phi) is 3.90. The first-order valence-electron chi connectivity index (χ1n) is 6.71. The summed E-state index contributed by atoms with van der Waals surface area (Å²) in [6.07, 6.45) is -0.319. The van der Waals surface area contributed by atoms with Crippen molar-refractivity contribution in [2.75, 3.05) is 13.7 Å². The third-order valence-electron chi connectivity index (χ3n) is 3.23. The number of ether oxygens (including phenoxy) is 2. The smallest absolute Gasteiger partial charge is 0.410 e. The number of nitrogens with zero attached hydrogens (tertiary/aromatic N) is 1. The minimum absolute atomic E-state index is 0.0593. The van der Waals surface area contributed by atoms with E-state index in [4.69, 9.17) is 15.2 Å².